The average molecular weight is 273 g/mol. The zero-order chi connectivity index (χ0) is 14.5. The van der Waals surface area contributed by atoms with E-state index in [9.17, 15) is 9.59 Å². The van der Waals surface area contributed by atoms with Gasteiger partial charge in [-0.3, -0.25) is 5.43 Å². The van der Waals surface area contributed by atoms with Crippen molar-refractivity contribution < 1.29 is 9.53 Å². The fourth-order valence-corrected chi connectivity index (χ4v) is 1.54. The lowest BCUT2D eigenvalue weighted by Gasteiger charge is -2.02. The standard InChI is InChI=1S/C12H11N5O3/c1-2-20-11(18)10(6-13)17-16-7-3-4-8-9(5-7)15-12(19)14-8/h3-5,16H,2H2,1H3,(H2,14,15,19). The topological polar surface area (TPSA) is 123 Å². The summed E-state index contributed by atoms with van der Waals surface area (Å²) >= 11 is 0. The summed E-state index contributed by atoms with van der Waals surface area (Å²) < 4.78 is 4.67. The second-order valence-corrected chi connectivity index (χ2v) is 3.74. The van der Waals surface area contributed by atoms with Crippen molar-refractivity contribution in [1.82, 2.24) is 9.97 Å². The monoisotopic (exact) mass is 273 g/mol. The molecule has 0 aliphatic heterocycles. The molecule has 0 atom stereocenters. The molecule has 0 fully saturated rings. The number of aromatic amines is 2. The van der Waals surface area contributed by atoms with Crippen LogP contribution in [-0.2, 0) is 9.53 Å². The maximum Gasteiger partial charge on any atom is 0.369 e. The molecule has 2 rings (SSSR count). The Labute approximate surface area is 113 Å². The normalized spacial score (nSPS) is 11.1. The van der Waals surface area contributed by atoms with E-state index in [-0.39, 0.29) is 18.0 Å². The minimum absolute atomic E-state index is 0.163. The first kappa shape index (κ1) is 13.4. The van der Waals surface area contributed by atoms with Crippen molar-refractivity contribution in [2.75, 3.05) is 12.0 Å². The Hall–Kier alpha value is -3.08. The Balaban J connectivity index is 2.21. The first-order chi connectivity index (χ1) is 9.63. The number of ether oxygens (including phenoxy) is 1. The first-order valence-electron chi connectivity index (χ1n) is 5.77. The third-order valence-corrected chi connectivity index (χ3v) is 2.39. The minimum Gasteiger partial charge on any atom is -0.461 e. The quantitative estimate of drug-likeness (QED) is 0.430. The van der Waals surface area contributed by atoms with Crippen LogP contribution in [0.5, 0.6) is 0 Å². The van der Waals surface area contributed by atoms with Crippen LogP contribution in [0.2, 0.25) is 0 Å². The van der Waals surface area contributed by atoms with E-state index >= 15 is 0 Å². The van der Waals surface area contributed by atoms with Gasteiger partial charge in [-0.05, 0) is 25.1 Å². The van der Waals surface area contributed by atoms with Gasteiger partial charge < -0.3 is 14.7 Å². The predicted octanol–water partition coefficient (Wildman–Crippen LogP) is 0.711. The van der Waals surface area contributed by atoms with Gasteiger partial charge in [0.15, 0.2) is 0 Å². The zero-order valence-corrected chi connectivity index (χ0v) is 10.6. The number of hydrogen-bond donors (Lipinski definition) is 3. The molecule has 0 bridgehead atoms. The smallest absolute Gasteiger partial charge is 0.369 e. The van der Waals surface area contributed by atoms with E-state index in [0.29, 0.717) is 16.7 Å². The zero-order valence-electron chi connectivity index (χ0n) is 10.6. The second-order valence-electron chi connectivity index (χ2n) is 3.74. The van der Waals surface area contributed by atoms with Gasteiger partial charge in [-0.25, -0.2) is 9.59 Å². The first-order valence-corrected chi connectivity index (χ1v) is 5.77. The van der Waals surface area contributed by atoms with Gasteiger partial charge in [0, 0.05) is 0 Å². The molecule has 0 spiro atoms. The number of H-pyrrole nitrogens is 2. The highest BCUT2D eigenvalue weighted by Gasteiger charge is 2.11. The van der Waals surface area contributed by atoms with Crippen LogP contribution in [0.4, 0.5) is 5.69 Å². The Morgan fingerprint density at radius 1 is 1.45 bits per heavy atom. The molecule has 0 radical (unpaired) electrons. The van der Waals surface area contributed by atoms with Crippen molar-refractivity contribution in [2.45, 2.75) is 6.92 Å². The summed E-state index contributed by atoms with van der Waals surface area (Å²) in [5.41, 5.74) is 3.62. The maximum atomic E-state index is 11.3. The lowest BCUT2D eigenvalue weighted by atomic mass is 10.3. The minimum atomic E-state index is -0.793. The highest BCUT2D eigenvalue weighted by Crippen LogP contribution is 2.14. The van der Waals surface area contributed by atoms with Gasteiger partial charge in [0.1, 0.15) is 6.07 Å². The largest absolute Gasteiger partial charge is 0.461 e. The van der Waals surface area contributed by atoms with Crippen LogP contribution >= 0.6 is 0 Å². The lowest BCUT2D eigenvalue weighted by molar-refractivity contribution is -0.134. The van der Waals surface area contributed by atoms with Gasteiger partial charge in [0.25, 0.3) is 0 Å². The number of carbonyl (C=O) groups is 1. The number of hydrogen-bond acceptors (Lipinski definition) is 6. The molecule has 102 valence electrons. The molecule has 0 unspecified atom stereocenters. The number of hydrazone groups is 1. The number of nitrogens with zero attached hydrogens (tertiary/aromatic N) is 2. The number of esters is 1. The summed E-state index contributed by atoms with van der Waals surface area (Å²) in [6.07, 6.45) is 0. The van der Waals surface area contributed by atoms with Crippen molar-refractivity contribution in [2.24, 2.45) is 5.10 Å². The molecule has 0 aliphatic rings. The van der Waals surface area contributed by atoms with Crippen LogP contribution in [0.15, 0.2) is 28.1 Å². The number of rotatable bonds is 4. The van der Waals surface area contributed by atoms with Crippen molar-refractivity contribution >= 4 is 28.4 Å². The van der Waals surface area contributed by atoms with Gasteiger partial charge in [-0.15, -0.1) is 0 Å². The van der Waals surface area contributed by atoms with Crippen LogP contribution < -0.4 is 11.1 Å². The van der Waals surface area contributed by atoms with Gasteiger partial charge >= 0.3 is 11.7 Å². The Kier molecular flexibility index (Phi) is 3.81. The number of nitriles is 1. The molecule has 0 amide bonds. The Morgan fingerprint density at radius 3 is 2.90 bits per heavy atom. The van der Waals surface area contributed by atoms with Crippen LogP contribution in [0, 0.1) is 11.3 Å². The van der Waals surface area contributed by atoms with E-state index in [2.05, 4.69) is 25.2 Å². The summed E-state index contributed by atoms with van der Waals surface area (Å²) in [5, 5.41) is 12.5. The van der Waals surface area contributed by atoms with Gasteiger partial charge in [-0.2, -0.15) is 10.4 Å². The highest BCUT2D eigenvalue weighted by atomic mass is 16.5. The fourth-order valence-electron chi connectivity index (χ4n) is 1.54. The number of benzene rings is 1. The Bertz CT molecular complexity index is 765. The van der Waals surface area contributed by atoms with Gasteiger partial charge in [0.05, 0.1) is 23.3 Å². The number of imidazole rings is 1. The van der Waals surface area contributed by atoms with Crippen LogP contribution in [-0.4, -0.2) is 28.3 Å². The maximum absolute atomic E-state index is 11.3. The molecule has 1 aromatic carbocycles. The summed E-state index contributed by atoms with van der Waals surface area (Å²) in [6, 6.07) is 6.59. The number of anilines is 1. The molecule has 1 heterocycles. The van der Waals surface area contributed by atoms with Crippen LogP contribution in [0.25, 0.3) is 11.0 Å². The third-order valence-electron chi connectivity index (χ3n) is 2.39. The predicted molar refractivity (Wildman–Crippen MR) is 72.2 cm³/mol. The summed E-state index contributed by atoms with van der Waals surface area (Å²) in [7, 11) is 0. The fraction of sp³-hybridized carbons (Fsp3) is 0.167. The lowest BCUT2D eigenvalue weighted by Crippen LogP contribution is -2.17. The van der Waals surface area contributed by atoms with Crippen LogP contribution in [0.3, 0.4) is 0 Å². The summed E-state index contributed by atoms with van der Waals surface area (Å²) in [5.74, 6) is -0.793. The SMILES string of the molecule is CCOC(=O)C(C#N)=NNc1ccc2[nH]c(=O)[nH]c2c1. The second kappa shape index (κ2) is 5.71. The van der Waals surface area contributed by atoms with Crippen LogP contribution in [0.1, 0.15) is 6.92 Å². The molecule has 0 saturated carbocycles. The van der Waals surface area contributed by atoms with Crippen molar-refractivity contribution in [3.63, 3.8) is 0 Å². The van der Waals surface area contributed by atoms with E-state index in [4.69, 9.17) is 5.26 Å². The summed E-state index contributed by atoms with van der Waals surface area (Å²) in [4.78, 5) is 27.6. The van der Waals surface area contributed by atoms with Crippen molar-refractivity contribution in [3.8, 4) is 6.07 Å². The summed E-state index contributed by atoms with van der Waals surface area (Å²) in [6.45, 7) is 1.80. The average Bonchev–Trinajstić information content (AvgIpc) is 2.79. The van der Waals surface area contributed by atoms with Gasteiger partial charge in [-0.1, -0.05) is 0 Å². The molecule has 8 nitrogen and oxygen atoms in total. The molecule has 2 aromatic rings. The molecular weight excluding hydrogens is 262 g/mol. The number of aromatic nitrogens is 2. The van der Waals surface area contributed by atoms with E-state index in [0.717, 1.165) is 0 Å². The van der Waals surface area contributed by atoms with Gasteiger partial charge in [0.2, 0.25) is 5.71 Å². The molecule has 1 aromatic heterocycles. The van der Waals surface area contributed by atoms with E-state index in [1.54, 1.807) is 31.2 Å². The Morgan fingerprint density at radius 2 is 2.20 bits per heavy atom. The number of fused-ring (bicyclic) bond motifs is 1. The number of nitrogens with one attached hydrogen (secondary N) is 3. The molecule has 8 heteroatoms. The highest BCUT2D eigenvalue weighted by molar-refractivity contribution is 6.43. The van der Waals surface area contributed by atoms with E-state index < -0.39 is 5.97 Å². The number of carbonyl (C=O) groups excluding carboxylic acids is 1. The molecule has 0 aliphatic carbocycles. The van der Waals surface area contributed by atoms with E-state index in [1.807, 2.05) is 0 Å². The molecule has 3 N–H and O–H groups in total. The molecule has 20 heavy (non-hydrogen) atoms. The van der Waals surface area contributed by atoms with E-state index in [1.165, 1.54) is 0 Å². The third kappa shape index (κ3) is 2.84. The molecule has 0 saturated heterocycles. The van der Waals surface area contributed by atoms with Crippen molar-refractivity contribution in [3.05, 3.63) is 28.7 Å². The van der Waals surface area contributed by atoms with Crippen molar-refractivity contribution in [1.29, 1.82) is 5.26 Å². The molecular formula is C12H11N5O3.